The Bertz CT molecular complexity index is 567. The van der Waals surface area contributed by atoms with Crippen LogP contribution in [0.5, 0.6) is 0 Å². The number of piperidine rings is 1. The number of guanidine groups is 1. The average molecular weight is 538 g/mol. The van der Waals surface area contributed by atoms with Crippen LogP contribution in [-0.2, 0) is 9.53 Å². The van der Waals surface area contributed by atoms with Crippen molar-refractivity contribution >= 4 is 41.9 Å². The van der Waals surface area contributed by atoms with Gasteiger partial charge in [0, 0.05) is 53.4 Å². The smallest absolute Gasteiger partial charge is 0.409 e. The minimum absolute atomic E-state index is 0. The molecular formula is C20H39IN6O3. The Hall–Kier alpha value is -1.30. The summed E-state index contributed by atoms with van der Waals surface area (Å²) >= 11 is 0. The number of amides is 2. The highest BCUT2D eigenvalue weighted by molar-refractivity contribution is 14.0. The SMILES string of the molecule is CCOC(=O)N1CCC(NC(=NC)NCCCN2CCCC2C(=O)N(C)C)CC1.I. The molecule has 174 valence electrons. The van der Waals surface area contributed by atoms with Crippen LogP contribution in [0.15, 0.2) is 4.99 Å². The Morgan fingerprint density at radius 2 is 1.87 bits per heavy atom. The van der Waals surface area contributed by atoms with E-state index in [-0.39, 0.29) is 42.0 Å². The van der Waals surface area contributed by atoms with Crippen molar-refractivity contribution in [1.82, 2.24) is 25.3 Å². The van der Waals surface area contributed by atoms with E-state index in [9.17, 15) is 9.59 Å². The molecule has 2 rings (SSSR count). The number of likely N-dealkylation sites (tertiary alicyclic amines) is 2. The minimum Gasteiger partial charge on any atom is -0.450 e. The third-order valence-electron chi connectivity index (χ3n) is 5.59. The Labute approximate surface area is 198 Å². The molecule has 30 heavy (non-hydrogen) atoms. The molecule has 0 aromatic carbocycles. The highest BCUT2D eigenvalue weighted by atomic mass is 127. The van der Waals surface area contributed by atoms with Crippen LogP contribution in [0.3, 0.4) is 0 Å². The van der Waals surface area contributed by atoms with Crippen molar-refractivity contribution in [1.29, 1.82) is 0 Å². The molecule has 1 atom stereocenters. The van der Waals surface area contributed by atoms with Gasteiger partial charge in [0.1, 0.15) is 0 Å². The van der Waals surface area contributed by atoms with Crippen LogP contribution < -0.4 is 10.6 Å². The van der Waals surface area contributed by atoms with Gasteiger partial charge in [-0.05, 0) is 45.6 Å². The van der Waals surface area contributed by atoms with Gasteiger partial charge in [-0.15, -0.1) is 24.0 Å². The largest absolute Gasteiger partial charge is 0.450 e. The van der Waals surface area contributed by atoms with Crippen LogP contribution in [-0.4, -0.2) is 105 Å². The van der Waals surface area contributed by atoms with E-state index < -0.39 is 0 Å². The number of ether oxygens (including phenoxy) is 1. The molecule has 0 saturated carbocycles. The molecule has 2 aliphatic heterocycles. The van der Waals surface area contributed by atoms with Gasteiger partial charge < -0.3 is 25.2 Å². The molecule has 2 aliphatic rings. The lowest BCUT2D eigenvalue weighted by Gasteiger charge is -2.32. The van der Waals surface area contributed by atoms with Gasteiger partial charge in [0.15, 0.2) is 5.96 Å². The van der Waals surface area contributed by atoms with Gasteiger partial charge in [-0.2, -0.15) is 0 Å². The fourth-order valence-corrected chi connectivity index (χ4v) is 3.97. The second-order valence-corrected chi connectivity index (χ2v) is 7.88. The van der Waals surface area contributed by atoms with Gasteiger partial charge in [0.25, 0.3) is 0 Å². The maximum absolute atomic E-state index is 12.3. The summed E-state index contributed by atoms with van der Waals surface area (Å²) in [6, 6.07) is 0.333. The molecule has 2 fully saturated rings. The normalized spacial score (nSPS) is 20.5. The number of halogens is 1. The monoisotopic (exact) mass is 538 g/mol. The fraction of sp³-hybridized carbons (Fsp3) is 0.850. The lowest BCUT2D eigenvalue weighted by molar-refractivity contribution is -0.133. The first-order chi connectivity index (χ1) is 14.0. The van der Waals surface area contributed by atoms with Crippen LogP contribution in [0.1, 0.15) is 39.0 Å². The zero-order valence-electron chi connectivity index (χ0n) is 18.9. The van der Waals surface area contributed by atoms with Crippen LogP contribution in [0, 0.1) is 0 Å². The number of aliphatic imine (C=N–C) groups is 1. The van der Waals surface area contributed by atoms with Gasteiger partial charge >= 0.3 is 6.09 Å². The number of nitrogens with zero attached hydrogens (tertiary/aromatic N) is 4. The molecule has 0 bridgehead atoms. The van der Waals surface area contributed by atoms with Gasteiger partial charge in [0.05, 0.1) is 12.6 Å². The molecule has 0 aromatic rings. The Kier molecular flexibility index (Phi) is 12.4. The molecule has 0 aliphatic carbocycles. The number of nitrogens with one attached hydrogen (secondary N) is 2. The number of hydrogen-bond acceptors (Lipinski definition) is 5. The van der Waals surface area contributed by atoms with Crippen LogP contribution in [0.25, 0.3) is 0 Å². The van der Waals surface area contributed by atoms with Crippen LogP contribution in [0.2, 0.25) is 0 Å². The van der Waals surface area contributed by atoms with Crippen LogP contribution >= 0.6 is 24.0 Å². The zero-order chi connectivity index (χ0) is 21.2. The topological polar surface area (TPSA) is 89.5 Å². The quantitative estimate of drug-likeness (QED) is 0.220. The lowest BCUT2D eigenvalue weighted by atomic mass is 10.1. The molecule has 10 heteroatoms. The number of carbonyl (C=O) groups is 2. The summed E-state index contributed by atoms with van der Waals surface area (Å²) in [5, 5.41) is 6.83. The molecule has 0 radical (unpaired) electrons. The van der Waals surface area contributed by atoms with Crippen molar-refractivity contribution in [3.8, 4) is 0 Å². The number of rotatable bonds is 7. The van der Waals surface area contributed by atoms with Crippen molar-refractivity contribution in [2.24, 2.45) is 4.99 Å². The maximum Gasteiger partial charge on any atom is 0.409 e. The van der Waals surface area contributed by atoms with E-state index in [1.54, 1.807) is 16.8 Å². The van der Waals surface area contributed by atoms with E-state index in [0.29, 0.717) is 25.7 Å². The molecule has 2 N–H and O–H groups in total. The average Bonchev–Trinajstić information content (AvgIpc) is 3.18. The minimum atomic E-state index is -0.221. The Morgan fingerprint density at radius 3 is 2.47 bits per heavy atom. The third kappa shape index (κ3) is 8.09. The van der Waals surface area contributed by atoms with E-state index in [2.05, 4.69) is 20.5 Å². The predicted octanol–water partition coefficient (Wildman–Crippen LogP) is 1.33. The van der Waals surface area contributed by atoms with Crippen molar-refractivity contribution in [3.05, 3.63) is 0 Å². The maximum atomic E-state index is 12.3. The summed E-state index contributed by atoms with van der Waals surface area (Å²) in [5.74, 6) is 1.00. The molecule has 1 unspecified atom stereocenters. The van der Waals surface area contributed by atoms with Crippen molar-refractivity contribution in [2.45, 2.75) is 51.1 Å². The van der Waals surface area contributed by atoms with Crippen LogP contribution in [0.4, 0.5) is 4.79 Å². The first-order valence-corrected chi connectivity index (χ1v) is 10.8. The summed E-state index contributed by atoms with van der Waals surface area (Å²) in [6.45, 7) is 6.34. The van der Waals surface area contributed by atoms with E-state index >= 15 is 0 Å². The molecular weight excluding hydrogens is 499 g/mol. The van der Waals surface area contributed by atoms with Gasteiger partial charge in [0.2, 0.25) is 5.91 Å². The van der Waals surface area contributed by atoms with Gasteiger partial charge in [-0.1, -0.05) is 0 Å². The number of carbonyl (C=O) groups excluding carboxylic acids is 2. The molecule has 2 heterocycles. The molecule has 0 aromatic heterocycles. The third-order valence-corrected chi connectivity index (χ3v) is 5.59. The van der Waals surface area contributed by atoms with Crippen molar-refractivity contribution < 1.29 is 14.3 Å². The zero-order valence-corrected chi connectivity index (χ0v) is 21.2. The Morgan fingerprint density at radius 1 is 1.17 bits per heavy atom. The molecule has 2 amide bonds. The summed E-state index contributed by atoms with van der Waals surface area (Å²) < 4.78 is 5.06. The highest BCUT2D eigenvalue weighted by Crippen LogP contribution is 2.18. The van der Waals surface area contributed by atoms with E-state index in [0.717, 1.165) is 57.7 Å². The van der Waals surface area contributed by atoms with Gasteiger partial charge in [-0.25, -0.2) is 4.79 Å². The summed E-state index contributed by atoms with van der Waals surface area (Å²) in [6.07, 6.45) is 4.54. The standard InChI is InChI=1S/C20H38N6O3.HI/c1-5-29-20(28)26-14-9-16(10-15-26)23-19(21-2)22-11-7-13-25-12-6-8-17(25)18(27)24(3)4;/h16-17H,5-15H2,1-4H3,(H2,21,22,23);1H. The second-order valence-electron chi connectivity index (χ2n) is 7.88. The van der Waals surface area contributed by atoms with Crippen molar-refractivity contribution in [2.75, 3.05) is 60.5 Å². The summed E-state index contributed by atoms with van der Waals surface area (Å²) in [7, 11) is 5.43. The van der Waals surface area contributed by atoms with E-state index in [4.69, 9.17) is 4.74 Å². The van der Waals surface area contributed by atoms with E-state index in [1.165, 1.54) is 0 Å². The molecule has 0 spiro atoms. The van der Waals surface area contributed by atoms with E-state index in [1.807, 2.05) is 21.0 Å². The van der Waals surface area contributed by atoms with Gasteiger partial charge in [-0.3, -0.25) is 14.7 Å². The number of hydrogen-bond donors (Lipinski definition) is 2. The first kappa shape index (κ1) is 26.7. The predicted molar refractivity (Wildman–Crippen MR) is 129 cm³/mol. The summed E-state index contributed by atoms with van der Waals surface area (Å²) in [5.41, 5.74) is 0. The molecule has 2 saturated heterocycles. The molecule has 9 nitrogen and oxygen atoms in total. The second kappa shape index (κ2) is 13.9. The summed E-state index contributed by atoms with van der Waals surface area (Å²) in [4.78, 5) is 34.1. The number of likely N-dealkylation sites (N-methyl/N-ethyl adjacent to an activating group) is 1. The van der Waals surface area contributed by atoms with Crippen molar-refractivity contribution in [3.63, 3.8) is 0 Å². The first-order valence-electron chi connectivity index (χ1n) is 10.8. The fourth-order valence-electron chi connectivity index (χ4n) is 3.97. The lowest BCUT2D eigenvalue weighted by Crippen LogP contribution is -2.50. The Balaban J connectivity index is 0.00000450. The highest BCUT2D eigenvalue weighted by Gasteiger charge is 2.31.